The van der Waals surface area contributed by atoms with Crippen LogP contribution in [0.15, 0.2) is 22.8 Å². The largest absolute Gasteiger partial charge is 0.330 e. The smallest absolute Gasteiger partial charge is 0.187 e. The molecule has 2 heterocycles. The molecule has 6 heteroatoms. The van der Waals surface area contributed by atoms with Crippen LogP contribution in [0.1, 0.15) is 43.5 Å². The van der Waals surface area contributed by atoms with E-state index in [1.165, 1.54) is 43.5 Å². The summed E-state index contributed by atoms with van der Waals surface area (Å²) in [5.41, 5.74) is 8.70. The van der Waals surface area contributed by atoms with Crippen molar-refractivity contribution in [3.05, 3.63) is 22.7 Å². The van der Waals surface area contributed by atoms with E-state index in [1.54, 1.807) is 11.8 Å². The molecule has 3 saturated carbocycles. The lowest BCUT2D eigenvalue weighted by Crippen LogP contribution is -2.47. The average Bonchev–Trinajstić information content (AvgIpc) is 3.14. The summed E-state index contributed by atoms with van der Waals surface area (Å²) in [6, 6.07) is 1.96. The second kappa shape index (κ2) is 5.83. The van der Waals surface area contributed by atoms with Gasteiger partial charge in [-0.25, -0.2) is 15.0 Å². The van der Waals surface area contributed by atoms with Crippen molar-refractivity contribution in [1.29, 1.82) is 0 Å². The molecule has 2 aromatic rings. The van der Waals surface area contributed by atoms with E-state index < -0.39 is 0 Å². The molecular formula is C17H22N4S2. The lowest BCUT2D eigenvalue weighted by atomic mass is 9.54. The molecule has 0 spiro atoms. The van der Waals surface area contributed by atoms with Gasteiger partial charge in [-0.3, -0.25) is 0 Å². The average molecular weight is 347 g/mol. The summed E-state index contributed by atoms with van der Waals surface area (Å²) in [4.78, 5) is 13.8. The zero-order valence-corrected chi connectivity index (χ0v) is 15.1. The Morgan fingerprint density at radius 1 is 1.13 bits per heavy atom. The summed E-state index contributed by atoms with van der Waals surface area (Å²) >= 11 is 3.38. The Morgan fingerprint density at radius 2 is 1.87 bits per heavy atom. The molecule has 0 radical (unpaired) electrons. The van der Waals surface area contributed by atoms with E-state index in [0.29, 0.717) is 10.8 Å². The van der Waals surface area contributed by atoms with Crippen molar-refractivity contribution < 1.29 is 0 Å². The second-order valence-corrected chi connectivity index (χ2v) is 8.58. The summed E-state index contributed by atoms with van der Waals surface area (Å²) in [5, 5.41) is 4.27. The molecule has 0 aliphatic heterocycles. The molecule has 2 aromatic heterocycles. The predicted octanol–water partition coefficient (Wildman–Crippen LogP) is 3.87. The fraction of sp³-hybridized carbons (Fsp3) is 0.588. The van der Waals surface area contributed by atoms with Gasteiger partial charge in [-0.05, 0) is 62.8 Å². The SMILES string of the molecule is CSc1nccc(-c2csc([C@]34CC[C@](CN)(CC3)CC4)n2)n1. The van der Waals surface area contributed by atoms with Crippen LogP contribution in [-0.4, -0.2) is 27.8 Å². The summed E-state index contributed by atoms with van der Waals surface area (Å²) in [6.07, 6.45) is 11.4. The third-order valence-electron chi connectivity index (χ3n) is 5.87. The van der Waals surface area contributed by atoms with Crippen molar-refractivity contribution >= 4 is 23.1 Å². The van der Waals surface area contributed by atoms with E-state index in [-0.39, 0.29) is 0 Å². The minimum Gasteiger partial charge on any atom is -0.330 e. The first-order valence-electron chi connectivity index (χ1n) is 8.22. The zero-order valence-electron chi connectivity index (χ0n) is 13.4. The van der Waals surface area contributed by atoms with Crippen LogP contribution in [-0.2, 0) is 5.41 Å². The van der Waals surface area contributed by atoms with Crippen LogP contribution < -0.4 is 5.73 Å². The van der Waals surface area contributed by atoms with E-state index in [9.17, 15) is 0 Å². The molecule has 4 nitrogen and oxygen atoms in total. The summed E-state index contributed by atoms with van der Waals surface area (Å²) in [6.45, 7) is 0.852. The molecule has 3 aliphatic rings. The molecule has 0 unspecified atom stereocenters. The highest BCUT2D eigenvalue weighted by Crippen LogP contribution is 2.57. The Bertz CT molecular complexity index is 688. The van der Waals surface area contributed by atoms with Crippen LogP contribution in [0.3, 0.4) is 0 Å². The van der Waals surface area contributed by atoms with Gasteiger partial charge in [0.15, 0.2) is 5.16 Å². The summed E-state index contributed by atoms with van der Waals surface area (Å²) < 4.78 is 0. The third-order valence-corrected chi connectivity index (χ3v) is 7.52. The lowest BCUT2D eigenvalue weighted by Gasteiger charge is -2.52. The van der Waals surface area contributed by atoms with Gasteiger partial charge in [-0.1, -0.05) is 11.8 Å². The number of nitrogens with two attached hydrogens (primary N) is 1. The van der Waals surface area contributed by atoms with E-state index >= 15 is 0 Å². The van der Waals surface area contributed by atoms with Gasteiger partial charge in [-0.2, -0.15) is 0 Å². The Kier molecular flexibility index (Phi) is 3.94. The minimum atomic E-state index is 0.301. The van der Waals surface area contributed by atoms with Gasteiger partial charge in [0, 0.05) is 17.0 Å². The predicted molar refractivity (Wildman–Crippen MR) is 95.8 cm³/mol. The highest BCUT2D eigenvalue weighted by atomic mass is 32.2. The number of nitrogens with zero attached hydrogens (tertiary/aromatic N) is 3. The summed E-state index contributed by atoms with van der Waals surface area (Å²) in [5.74, 6) is 0. The topological polar surface area (TPSA) is 64.7 Å². The first-order valence-corrected chi connectivity index (χ1v) is 10.3. The molecule has 5 rings (SSSR count). The number of hydrogen-bond donors (Lipinski definition) is 1. The van der Waals surface area contributed by atoms with Crippen LogP contribution in [0.2, 0.25) is 0 Å². The third kappa shape index (κ3) is 2.61. The molecule has 3 fully saturated rings. The molecule has 0 amide bonds. The first-order chi connectivity index (χ1) is 11.2. The van der Waals surface area contributed by atoms with Crippen molar-refractivity contribution in [3.8, 4) is 11.4 Å². The number of thioether (sulfide) groups is 1. The Morgan fingerprint density at radius 3 is 2.52 bits per heavy atom. The van der Waals surface area contributed by atoms with Crippen molar-refractivity contribution in [2.24, 2.45) is 11.1 Å². The Labute approximate surface area is 145 Å². The van der Waals surface area contributed by atoms with Gasteiger partial charge in [0.25, 0.3) is 0 Å². The fourth-order valence-corrected chi connectivity index (χ4v) is 5.57. The van der Waals surface area contributed by atoms with Crippen LogP contribution in [0, 0.1) is 5.41 Å². The molecule has 23 heavy (non-hydrogen) atoms. The molecule has 2 N–H and O–H groups in total. The van der Waals surface area contributed by atoms with Gasteiger partial charge in [-0.15, -0.1) is 11.3 Å². The normalized spacial score (nSPS) is 29.8. The van der Waals surface area contributed by atoms with E-state index in [2.05, 4.69) is 15.3 Å². The quantitative estimate of drug-likeness (QED) is 0.672. The Hall–Kier alpha value is -0.980. The number of rotatable bonds is 4. The van der Waals surface area contributed by atoms with Gasteiger partial charge in [0.05, 0.1) is 10.7 Å². The lowest BCUT2D eigenvalue weighted by molar-refractivity contribution is 0.0471. The molecular weight excluding hydrogens is 324 g/mol. The molecule has 0 saturated heterocycles. The van der Waals surface area contributed by atoms with Crippen molar-refractivity contribution in [2.75, 3.05) is 12.8 Å². The molecule has 122 valence electrons. The highest BCUT2D eigenvalue weighted by molar-refractivity contribution is 7.98. The van der Waals surface area contributed by atoms with Crippen LogP contribution in [0.4, 0.5) is 0 Å². The number of thiazole rings is 1. The maximum atomic E-state index is 6.03. The maximum absolute atomic E-state index is 6.03. The minimum absolute atomic E-state index is 0.301. The second-order valence-electron chi connectivity index (χ2n) is 6.95. The maximum Gasteiger partial charge on any atom is 0.187 e. The number of hydrogen-bond acceptors (Lipinski definition) is 6. The zero-order chi connectivity index (χ0) is 15.9. The van der Waals surface area contributed by atoms with Gasteiger partial charge in [0.2, 0.25) is 0 Å². The molecule has 0 aromatic carbocycles. The highest BCUT2D eigenvalue weighted by Gasteiger charge is 2.50. The van der Waals surface area contributed by atoms with Gasteiger partial charge in [0.1, 0.15) is 5.69 Å². The first kappa shape index (κ1) is 15.5. The number of aromatic nitrogens is 3. The van der Waals surface area contributed by atoms with Crippen molar-refractivity contribution in [3.63, 3.8) is 0 Å². The van der Waals surface area contributed by atoms with E-state index in [0.717, 1.165) is 23.1 Å². The van der Waals surface area contributed by atoms with Crippen LogP contribution in [0.25, 0.3) is 11.4 Å². The van der Waals surface area contributed by atoms with E-state index in [1.807, 2.05) is 29.9 Å². The fourth-order valence-electron chi connectivity index (χ4n) is 4.11. The van der Waals surface area contributed by atoms with Gasteiger partial charge < -0.3 is 5.73 Å². The summed E-state index contributed by atoms with van der Waals surface area (Å²) in [7, 11) is 0. The van der Waals surface area contributed by atoms with Gasteiger partial charge >= 0.3 is 0 Å². The Balaban J connectivity index is 1.61. The monoisotopic (exact) mass is 346 g/mol. The molecule has 3 aliphatic carbocycles. The number of fused-ring (bicyclic) bond motifs is 3. The molecule has 0 atom stereocenters. The van der Waals surface area contributed by atoms with Crippen LogP contribution in [0.5, 0.6) is 0 Å². The van der Waals surface area contributed by atoms with Crippen LogP contribution >= 0.6 is 23.1 Å². The van der Waals surface area contributed by atoms with Crippen molar-refractivity contribution in [2.45, 2.75) is 49.1 Å². The van der Waals surface area contributed by atoms with Crippen molar-refractivity contribution in [1.82, 2.24) is 15.0 Å². The van der Waals surface area contributed by atoms with E-state index in [4.69, 9.17) is 10.7 Å². The standard InChI is InChI=1S/C17H22N4S2/c1-22-15-19-9-2-12(21-15)13-10-23-14(20-13)17-6-3-16(11-18,4-7-17)5-8-17/h2,9-10H,3-8,11,18H2,1H3/t16-,17+. The molecule has 2 bridgehead atoms.